The molecule has 2 heterocycles. The number of likely N-dealkylation sites (tertiary alicyclic amines) is 1. The zero-order valence-corrected chi connectivity index (χ0v) is 10.6. The van der Waals surface area contributed by atoms with Gasteiger partial charge in [0.05, 0.1) is 25.0 Å². The number of hydrogen-bond acceptors (Lipinski definition) is 4. The number of aromatic nitrogens is 2. The van der Waals surface area contributed by atoms with Gasteiger partial charge in [-0.15, -0.1) is 0 Å². The van der Waals surface area contributed by atoms with Crippen LogP contribution in [0.5, 0.6) is 0 Å². The minimum atomic E-state index is -0.0926. The van der Waals surface area contributed by atoms with Gasteiger partial charge >= 0.3 is 5.97 Å². The normalized spacial score (nSPS) is 25.1. The van der Waals surface area contributed by atoms with E-state index in [4.69, 9.17) is 4.74 Å². The Morgan fingerprint density at radius 3 is 2.94 bits per heavy atom. The van der Waals surface area contributed by atoms with Crippen LogP contribution in [0.1, 0.15) is 12.6 Å². The molecule has 0 aromatic carbocycles. The molecule has 94 valence electrons. The summed E-state index contributed by atoms with van der Waals surface area (Å²) >= 11 is 0. The summed E-state index contributed by atoms with van der Waals surface area (Å²) in [7, 11) is 3.44. The fraction of sp³-hybridized carbons (Fsp3) is 0.667. The third-order valence-electron chi connectivity index (χ3n) is 3.49. The molecular formula is C12H19N3O2. The van der Waals surface area contributed by atoms with E-state index in [-0.39, 0.29) is 11.9 Å². The molecule has 1 aromatic heterocycles. The van der Waals surface area contributed by atoms with Crippen molar-refractivity contribution in [3.63, 3.8) is 0 Å². The number of nitrogens with zero attached hydrogens (tertiary/aromatic N) is 3. The largest absolute Gasteiger partial charge is 0.469 e. The number of carbonyl (C=O) groups excluding carboxylic acids is 1. The Morgan fingerprint density at radius 1 is 1.59 bits per heavy atom. The first-order valence-corrected chi connectivity index (χ1v) is 5.87. The maximum Gasteiger partial charge on any atom is 0.310 e. The molecule has 1 aromatic rings. The van der Waals surface area contributed by atoms with Crippen LogP contribution in [0.15, 0.2) is 12.5 Å². The third-order valence-corrected chi connectivity index (χ3v) is 3.49. The van der Waals surface area contributed by atoms with Crippen molar-refractivity contribution in [1.29, 1.82) is 0 Å². The predicted molar refractivity (Wildman–Crippen MR) is 63.2 cm³/mol. The van der Waals surface area contributed by atoms with Crippen molar-refractivity contribution in [2.75, 3.05) is 20.2 Å². The molecular weight excluding hydrogens is 218 g/mol. The average Bonchev–Trinajstić information content (AvgIpc) is 2.86. The maximum atomic E-state index is 11.6. The van der Waals surface area contributed by atoms with Crippen molar-refractivity contribution in [2.24, 2.45) is 18.9 Å². The minimum Gasteiger partial charge on any atom is -0.469 e. The van der Waals surface area contributed by atoms with Gasteiger partial charge in [-0.1, -0.05) is 6.92 Å². The van der Waals surface area contributed by atoms with E-state index in [0.29, 0.717) is 5.92 Å². The van der Waals surface area contributed by atoms with Crippen LogP contribution in [0.25, 0.3) is 0 Å². The number of ether oxygens (including phenoxy) is 1. The summed E-state index contributed by atoms with van der Waals surface area (Å²) in [5, 5.41) is 0. The highest BCUT2D eigenvalue weighted by Gasteiger charge is 2.35. The third kappa shape index (κ3) is 2.49. The first kappa shape index (κ1) is 12.1. The number of esters is 1. The van der Waals surface area contributed by atoms with Crippen molar-refractivity contribution in [3.8, 4) is 0 Å². The second-order valence-corrected chi connectivity index (χ2v) is 4.80. The molecule has 5 heteroatoms. The van der Waals surface area contributed by atoms with E-state index in [1.807, 2.05) is 17.8 Å². The molecule has 1 aliphatic rings. The number of hydrogen-bond donors (Lipinski definition) is 0. The molecule has 2 rings (SSSR count). The van der Waals surface area contributed by atoms with Gasteiger partial charge in [0.15, 0.2) is 0 Å². The summed E-state index contributed by atoms with van der Waals surface area (Å²) in [5.41, 5.74) is 1.17. The van der Waals surface area contributed by atoms with Gasteiger partial charge in [0.25, 0.3) is 0 Å². The highest BCUT2D eigenvalue weighted by molar-refractivity contribution is 5.73. The van der Waals surface area contributed by atoms with Crippen molar-refractivity contribution in [3.05, 3.63) is 18.2 Å². The molecule has 1 aliphatic heterocycles. The monoisotopic (exact) mass is 237 g/mol. The smallest absolute Gasteiger partial charge is 0.310 e. The zero-order chi connectivity index (χ0) is 12.4. The second-order valence-electron chi connectivity index (χ2n) is 4.80. The van der Waals surface area contributed by atoms with Gasteiger partial charge in [0, 0.05) is 32.9 Å². The molecule has 2 atom stereocenters. The number of carbonyl (C=O) groups is 1. The van der Waals surface area contributed by atoms with E-state index in [1.165, 1.54) is 12.8 Å². The van der Waals surface area contributed by atoms with E-state index >= 15 is 0 Å². The Kier molecular flexibility index (Phi) is 3.47. The summed E-state index contributed by atoms with van der Waals surface area (Å²) in [6.45, 7) is 4.66. The quantitative estimate of drug-likeness (QED) is 0.725. The van der Waals surface area contributed by atoms with Crippen LogP contribution in [0, 0.1) is 11.8 Å². The Morgan fingerprint density at radius 2 is 2.35 bits per heavy atom. The van der Waals surface area contributed by atoms with Crippen LogP contribution in [-0.2, 0) is 23.1 Å². The standard InChI is InChI=1S/C12H19N3O2/c1-9-5-15(7-11(9)12(16)17-3)6-10-4-13-8-14(10)2/h4,8-9,11H,5-7H2,1-3H3. The molecule has 0 N–H and O–H groups in total. The van der Waals surface area contributed by atoms with Crippen LogP contribution in [0.2, 0.25) is 0 Å². The highest BCUT2D eigenvalue weighted by Crippen LogP contribution is 2.25. The molecule has 0 amide bonds. The summed E-state index contributed by atoms with van der Waals surface area (Å²) < 4.78 is 6.84. The van der Waals surface area contributed by atoms with Crippen LogP contribution >= 0.6 is 0 Å². The first-order valence-electron chi connectivity index (χ1n) is 5.87. The van der Waals surface area contributed by atoms with E-state index < -0.39 is 0 Å². The molecule has 1 fully saturated rings. The highest BCUT2D eigenvalue weighted by atomic mass is 16.5. The fourth-order valence-electron chi connectivity index (χ4n) is 2.42. The lowest BCUT2D eigenvalue weighted by Gasteiger charge is -2.15. The summed E-state index contributed by atoms with van der Waals surface area (Å²) in [4.78, 5) is 18.0. The zero-order valence-electron chi connectivity index (χ0n) is 10.6. The molecule has 2 unspecified atom stereocenters. The van der Waals surface area contributed by atoms with Crippen molar-refractivity contribution < 1.29 is 9.53 Å². The number of rotatable bonds is 3. The van der Waals surface area contributed by atoms with Crippen molar-refractivity contribution in [1.82, 2.24) is 14.5 Å². The number of aryl methyl sites for hydroxylation is 1. The van der Waals surface area contributed by atoms with Gasteiger partial charge < -0.3 is 9.30 Å². The Labute approximate surface area is 101 Å². The minimum absolute atomic E-state index is 0.00762. The molecule has 0 spiro atoms. The van der Waals surface area contributed by atoms with E-state index in [9.17, 15) is 4.79 Å². The molecule has 0 bridgehead atoms. The van der Waals surface area contributed by atoms with Gasteiger partial charge in [-0.2, -0.15) is 0 Å². The summed E-state index contributed by atoms with van der Waals surface area (Å²) in [6, 6.07) is 0. The molecule has 17 heavy (non-hydrogen) atoms. The van der Waals surface area contributed by atoms with E-state index in [2.05, 4.69) is 16.8 Å². The lowest BCUT2D eigenvalue weighted by molar-refractivity contribution is -0.146. The van der Waals surface area contributed by atoms with Gasteiger partial charge in [0.2, 0.25) is 0 Å². The predicted octanol–water partition coefficient (Wildman–Crippen LogP) is 0.661. The Balaban J connectivity index is 1.97. The fourth-order valence-corrected chi connectivity index (χ4v) is 2.42. The van der Waals surface area contributed by atoms with Crippen LogP contribution in [0.3, 0.4) is 0 Å². The summed E-state index contributed by atoms with van der Waals surface area (Å²) in [5.74, 6) is 0.272. The Hall–Kier alpha value is -1.36. The topological polar surface area (TPSA) is 47.4 Å². The second kappa shape index (κ2) is 4.87. The van der Waals surface area contributed by atoms with E-state index in [1.54, 1.807) is 6.33 Å². The lowest BCUT2D eigenvalue weighted by Crippen LogP contribution is -2.24. The summed E-state index contributed by atoms with van der Waals surface area (Å²) in [6.07, 6.45) is 3.67. The SMILES string of the molecule is COC(=O)C1CN(Cc2cncn2C)CC1C. The number of imidazole rings is 1. The molecule has 0 saturated carbocycles. The van der Waals surface area contributed by atoms with Gasteiger partial charge in [-0.05, 0) is 5.92 Å². The lowest BCUT2D eigenvalue weighted by atomic mass is 9.99. The van der Waals surface area contributed by atoms with Crippen LogP contribution in [0.4, 0.5) is 0 Å². The number of methoxy groups -OCH3 is 1. The maximum absolute atomic E-state index is 11.6. The van der Waals surface area contributed by atoms with Gasteiger partial charge in [-0.3, -0.25) is 9.69 Å². The van der Waals surface area contributed by atoms with Crippen LogP contribution in [-0.4, -0.2) is 40.6 Å². The average molecular weight is 237 g/mol. The molecule has 0 aliphatic carbocycles. The molecule has 0 radical (unpaired) electrons. The van der Waals surface area contributed by atoms with Gasteiger partial charge in [0.1, 0.15) is 0 Å². The molecule has 5 nitrogen and oxygen atoms in total. The molecule has 1 saturated heterocycles. The first-order chi connectivity index (χ1) is 8.11. The van der Waals surface area contributed by atoms with Gasteiger partial charge in [-0.25, -0.2) is 4.98 Å². The van der Waals surface area contributed by atoms with Crippen molar-refractivity contribution in [2.45, 2.75) is 13.5 Å². The Bertz CT molecular complexity index is 402. The van der Waals surface area contributed by atoms with E-state index in [0.717, 1.165) is 19.6 Å². The van der Waals surface area contributed by atoms with Crippen LogP contribution < -0.4 is 0 Å². The van der Waals surface area contributed by atoms with Crippen molar-refractivity contribution >= 4 is 5.97 Å².